The van der Waals surface area contributed by atoms with Crippen LogP contribution in [0.2, 0.25) is 0 Å². The summed E-state index contributed by atoms with van der Waals surface area (Å²) in [6.07, 6.45) is 2.29. The molecule has 7 heteroatoms. The van der Waals surface area contributed by atoms with Crippen LogP contribution in [-0.4, -0.2) is 23.2 Å². The Bertz CT molecular complexity index is 526. The van der Waals surface area contributed by atoms with Crippen LogP contribution in [-0.2, 0) is 16.6 Å². The molecule has 0 amide bonds. The third kappa shape index (κ3) is 2.83. The predicted octanol–water partition coefficient (Wildman–Crippen LogP) is 1.86. The molecule has 96 valence electrons. The second-order valence-electron chi connectivity index (χ2n) is 5.68. The highest BCUT2D eigenvalue weighted by Crippen LogP contribution is 2.38. The summed E-state index contributed by atoms with van der Waals surface area (Å²) >= 11 is 0. The van der Waals surface area contributed by atoms with Gasteiger partial charge in [0, 0.05) is 12.5 Å². The molecule has 1 saturated carbocycles. The van der Waals surface area contributed by atoms with Crippen molar-refractivity contribution in [1.29, 1.82) is 0 Å². The zero-order valence-corrected chi connectivity index (χ0v) is 11.0. The number of rotatable bonds is 3. The van der Waals surface area contributed by atoms with Crippen molar-refractivity contribution in [3.8, 4) is 0 Å². The molecule has 1 heterocycles. The molecule has 0 unspecified atom stereocenters. The third-order valence-electron chi connectivity index (χ3n) is 2.55. The van der Waals surface area contributed by atoms with Crippen LogP contribution < -0.4 is 0 Å². The van der Waals surface area contributed by atoms with Gasteiger partial charge in [0.25, 0.3) is 5.16 Å². The van der Waals surface area contributed by atoms with Crippen LogP contribution >= 0.6 is 0 Å². The molecule has 17 heavy (non-hydrogen) atoms. The first kappa shape index (κ1) is 12.5. The Labute approximate surface area is 100 Å². The largest absolute Gasteiger partial charge is 0.368 e. The Hall–Kier alpha value is -0.980. The fraction of sp³-hybridized carbons (Fsp3) is 0.800. The molecule has 0 atom stereocenters. The molecule has 0 saturated heterocycles. The summed E-state index contributed by atoms with van der Waals surface area (Å²) in [5.74, 6) is 0.552. The van der Waals surface area contributed by atoms with E-state index < -0.39 is 15.4 Å². The molecule has 0 bridgehead atoms. The van der Waals surface area contributed by atoms with Gasteiger partial charge in [-0.25, -0.2) is 0 Å². The summed E-state index contributed by atoms with van der Waals surface area (Å²) < 4.78 is 36.5. The number of hydrogen-bond acceptors (Lipinski definition) is 4. The standard InChI is InChI=1S/C10H16FN3O2S/c1-10(2,3)6-8-12-13-9(17(11,15)16)14(8)7-4-5-7/h7H,4-6H2,1-3H3. The Kier molecular flexibility index (Phi) is 2.76. The molecular formula is C10H16FN3O2S. The fourth-order valence-electron chi connectivity index (χ4n) is 1.77. The van der Waals surface area contributed by atoms with Gasteiger partial charge in [-0.1, -0.05) is 24.7 Å². The molecule has 0 aliphatic heterocycles. The summed E-state index contributed by atoms with van der Waals surface area (Å²) in [6, 6.07) is 0.0443. The minimum absolute atomic E-state index is 0.0443. The SMILES string of the molecule is CC(C)(C)Cc1nnc(S(=O)(=O)F)n1C1CC1. The van der Waals surface area contributed by atoms with E-state index in [1.54, 1.807) is 0 Å². The van der Waals surface area contributed by atoms with Gasteiger partial charge < -0.3 is 0 Å². The van der Waals surface area contributed by atoms with Crippen LogP contribution in [0, 0.1) is 5.41 Å². The third-order valence-corrected chi connectivity index (χ3v) is 3.27. The highest BCUT2D eigenvalue weighted by molar-refractivity contribution is 7.86. The Morgan fingerprint density at radius 2 is 1.94 bits per heavy atom. The van der Waals surface area contributed by atoms with E-state index >= 15 is 0 Å². The average Bonchev–Trinajstić information content (AvgIpc) is 2.84. The van der Waals surface area contributed by atoms with Crippen LogP contribution in [0.4, 0.5) is 3.89 Å². The molecule has 0 radical (unpaired) electrons. The van der Waals surface area contributed by atoms with E-state index in [0.717, 1.165) is 12.8 Å². The van der Waals surface area contributed by atoms with Gasteiger partial charge in [-0.05, 0) is 18.3 Å². The average molecular weight is 261 g/mol. The van der Waals surface area contributed by atoms with E-state index in [1.165, 1.54) is 4.57 Å². The Morgan fingerprint density at radius 3 is 2.35 bits per heavy atom. The van der Waals surface area contributed by atoms with Crippen LogP contribution in [0.25, 0.3) is 0 Å². The minimum atomic E-state index is -4.78. The first-order valence-electron chi connectivity index (χ1n) is 5.57. The lowest BCUT2D eigenvalue weighted by Gasteiger charge is -2.17. The number of nitrogens with zero attached hydrogens (tertiary/aromatic N) is 3. The van der Waals surface area contributed by atoms with Crippen molar-refractivity contribution in [2.24, 2.45) is 5.41 Å². The highest BCUT2D eigenvalue weighted by atomic mass is 32.3. The van der Waals surface area contributed by atoms with E-state index in [-0.39, 0.29) is 11.5 Å². The summed E-state index contributed by atoms with van der Waals surface area (Å²) in [5, 5.41) is 6.76. The van der Waals surface area contributed by atoms with E-state index in [0.29, 0.717) is 12.2 Å². The second kappa shape index (κ2) is 3.76. The van der Waals surface area contributed by atoms with Crippen molar-refractivity contribution in [1.82, 2.24) is 14.8 Å². The normalized spacial score (nSPS) is 17.4. The van der Waals surface area contributed by atoms with Crippen molar-refractivity contribution in [2.75, 3.05) is 0 Å². The van der Waals surface area contributed by atoms with E-state index in [1.807, 2.05) is 20.8 Å². The van der Waals surface area contributed by atoms with Gasteiger partial charge >= 0.3 is 10.2 Å². The van der Waals surface area contributed by atoms with Crippen LogP contribution in [0.15, 0.2) is 5.16 Å². The van der Waals surface area contributed by atoms with Crippen molar-refractivity contribution in [2.45, 2.75) is 51.2 Å². The molecule has 1 aliphatic rings. The van der Waals surface area contributed by atoms with Gasteiger partial charge in [-0.15, -0.1) is 10.2 Å². The molecule has 1 aromatic heterocycles. The Balaban J connectivity index is 2.44. The fourth-order valence-corrected chi connectivity index (χ4v) is 2.40. The molecule has 0 spiro atoms. The topological polar surface area (TPSA) is 64.8 Å². The second-order valence-corrected chi connectivity index (χ2v) is 6.92. The summed E-state index contributed by atoms with van der Waals surface area (Å²) in [6.45, 7) is 6.05. The number of aromatic nitrogens is 3. The van der Waals surface area contributed by atoms with E-state index in [2.05, 4.69) is 10.2 Å². The van der Waals surface area contributed by atoms with Gasteiger partial charge in [0.05, 0.1) is 0 Å². The van der Waals surface area contributed by atoms with Gasteiger partial charge in [0.1, 0.15) is 5.82 Å². The lowest BCUT2D eigenvalue weighted by molar-refractivity contribution is 0.388. The highest BCUT2D eigenvalue weighted by Gasteiger charge is 2.35. The van der Waals surface area contributed by atoms with Crippen LogP contribution in [0.3, 0.4) is 0 Å². The monoisotopic (exact) mass is 261 g/mol. The lowest BCUT2D eigenvalue weighted by Crippen LogP contribution is -2.15. The van der Waals surface area contributed by atoms with Gasteiger partial charge in [0.2, 0.25) is 0 Å². The molecule has 5 nitrogen and oxygen atoms in total. The maximum atomic E-state index is 13.1. The lowest BCUT2D eigenvalue weighted by atomic mass is 9.92. The molecule has 1 fully saturated rings. The summed E-state index contributed by atoms with van der Waals surface area (Å²) in [4.78, 5) is 0. The zero-order valence-electron chi connectivity index (χ0n) is 10.1. The van der Waals surface area contributed by atoms with Crippen molar-refractivity contribution >= 4 is 10.2 Å². The first-order chi connectivity index (χ1) is 7.68. The molecule has 0 aromatic carbocycles. The van der Waals surface area contributed by atoms with Crippen molar-refractivity contribution < 1.29 is 12.3 Å². The smallest absolute Gasteiger partial charge is 0.296 e. The molecule has 1 aliphatic carbocycles. The molecular weight excluding hydrogens is 245 g/mol. The van der Waals surface area contributed by atoms with E-state index in [4.69, 9.17) is 0 Å². The Morgan fingerprint density at radius 1 is 1.35 bits per heavy atom. The molecule has 0 N–H and O–H groups in total. The minimum Gasteiger partial charge on any atom is -0.296 e. The first-order valence-corrected chi connectivity index (χ1v) is 6.95. The van der Waals surface area contributed by atoms with E-state index in [9.17, 15) is 12.3 Å². The quantitative estimate of drug-likeness (QED) is 0.779. The van der Waals surface area contributed by atoms with Gasteiger partial charge in [-0.3, -0.25) is 4.57 Å². The number of hydrogen-bond donors (Lipinski definition) is 0. The maximum Gasteiger partial charge on any atom is 0.368 e. The number of halogens is 1. The zero-order chi connectivity index (χ0) is 12.8. The molecule has 2 rings (SSSR count). The van der Waals surface area contributed by atoms with Crippen molar-refractivity contribution in [3.63, 3.8) is 0 Å². The molecule has 1 aromatic rings. The van der Waals surface area contributed by atoms with Gasteiger partial charge in [0.15, 0.2) is 0 Å². The summed E-state index contributed by atoms with van der Waals surface area (Å²) in [7, 11) is -4.78. The van der Waals surface area contributed by atoms with Crippen LogP contribution in [0.5, 0.6) is 0 Å². The summed E-state index contributed by atoms with van der Waals surface area (Å²) in [5.41, 5.74) is -0.0446. The van der Waals surface area contributed by atoms with Crippen molar-refractivity contribution in [3.05, 3.63) is 5.82 Å². The van der Waals surface area contributed by atoms with Crippen LogP contribution in [0.1, 0.15) is 45.5 Å². The predicted molar refractivity (Wildman–Crippen MR) is 59.7 cm³/mol. The maximum absolute atomic E-state index is 13.1. The van der Waals surface area contributed by atoms with Gasteiger partial charge in [-0.2, -0.15) is 8.42 Å².